The quantitative estimate of drug-likeness (QED) is 0.724. The minimum Gasteiger partial charge on any atom is -0.338 e. The highest BCUT2D eigenvalue weighted by atomic mass is 32.1. The molecule has 0 saturated heterocycles. The lowest BCUT2D eigenvalue weighted by molar-refractivity contribution is 0.252. The second kappa shape index (κ2) is 6.43. The van der Waals surface area contributed by atoms with E-state index in [1.165, 1.54) is 12.8 Å². The SMILES string of the molecule is CCCCCNC(=O)Nc1ccsc1. The number of hydrogen-bond acceptors (Lipinski definition) is 2. The fraction of sp³-hybridized carbons (Fsp3) is 0.500. The third-order valence-corrected chi connectivity index (χ3v) is 2.53. The summed E-state index contributed by atoms with van der Waals surface area (Å²) >= 11 is 1.57. The van der Waals surface area contributed by atoms with Gasteiger partial charge in [0.15, 0.2) is 0 Å². The molecule has 3 nitrogen and oxygen atoms in total. The van der Waals surface area contributed by atoms with Gasteiger partial charge in [0.1, 0.15) is 0 Å². The predicted octanol–water partition coefficient (Wildman–Crippen LogP) is 3.06. The van der Waals surface area contributed by atoms with E-state index in [1.54, 1.807) is 11.3 Å². The first-order valence-corrected chi connectivity index (χ1v) is 5.84. The Morgan fingerprint density at radius 2 is 2.36 bits per heavy atom. The molecule has 1 aromatic rings. The normalized spacial score (nSPS) is 9.79. The van der Waals surface area contributed by atoms with Crippen LogP contribution < -0.4 is 10.6 Å². The summed E-state index contributed by atoms with van der Waals surface area (Å²) in [6.45, 7) is 2.90. The van der Waals surface area contributed by atoms with Crippen LogP contribution in [0, 0.1) is 0 Å². The Kier molecular flexibility index (Phi) is 5.07. The molecule has 0 bridgehead atoms. The van der Waals surface area contributed by atoms with E-state index in [1.807, 2.05) is 16.8 Å². The van der Waals surface area contributed by atoms with E-state index in [4.69, 9.17) is 0 Å². The number of thiophene rings is 1. The number of carbonyl (C=O) groups is 1. The molecule has 1 rings (SSSR count). The van der Waals surface area contributed by atoms with Crippen molar-refractivity contribution >= 4 is 23.1 Å². The van der Waals surface area contributed by atoms with E-state index in [2.05, 4.69) is 17.6 Å². The van der Waals surface area contributed by atoms with Crippen LogP contribution in [-0.4, -0.2) is 12.6 Å². The second-order valence-corrected chi connectivity index (χ2v) is 3.88. The van der Waals surface area contributed by atoms with Crippen molar-refractivity contribution in [3.8, 4) is 0 Å². The van der Waals surface area contributed by atoms with Crippen molar-refractivity contribution in [2.45, 2.75) is 26.2 Å². The first-order chi connectivity index (χ1) is 6.83. The summed E-state index contributed by atoms with van der Waals surface area (Å²) in [7, 11) is 0. The molecule has 0 unspecified atom stereocenters. The maximum absolute atomic E-state index is 11.3. The summed E-state index contributed by atoms with van der Waals surface area (Å²) in [6.07, 6.45) is 3.39. The zero-order chi connectivity index (χ0) is 10.2. The van der Waals surface area contributed by atoms with Crippen LogP contribution in [0.2, 0.25) is 0 Å². The smallest absolute Gasteiger partial charge is 0.319 e. The summed E-state index contributed by atoms with van der Waals surface area (Å²) in [4.78, 5) is 11.3. The maximum Gasteiger partial charge on any atom is 0.319 e. The lowest BCUT2D eigenvalue weighted by Crippen LogP contribution is -2.29. The minimum atomic E-state index is -0.112. The van der Waals surface area contributed by atoms with Gasteiger partial charge < -0.3 is 10.6 Å². The van der Waals surface area contributed by atoms with Crippen LogP contribution in [0.15, 0.2) is 16.8 Å². The van der Waals surface area contributed by atoms with E-state index in [0.29, 0.717) is 0 Å². The van der Waals surface area contributed by atoms with Crippen LogP contribution in [-0.2, 0) is 0 Å². The van der Waals surface area contributed by atoms with Gasteiger partial charge in [0.2, 0.25) is 0 Å². The van der Waals surface area contributed by atoms with Gasteiger partial charge in [-0.05, 0) is 17.9 Å². The molecule has 0 fully saturated rings. The first-order valence-electron chi connectivity index (χ1n) is 4.90. The standard InChI is InChI=1S/C10H16N2OS/c1-2-3-4-6-11-10(13)12-9-5-7-14-8-9/h5,7-8H,2-4,6H2,1H3,(H2,11,12,13). The Labute approximate surface area is 88.5 Å². The number of hydrogen-bond donors (Lipinski definition) is 2. The molecule has 1 heterocycles. The van der Waals surface area contributed by atoms with Gasteiger partial charge in [0.25, 0.3) is 0 Å². The highest BCUT2D eigenvalue weighted by molar-refractivity contribution is 7.08. The van der Waals surface area contributed by atoms with Crippen molar-refractivity contribution < 1.29 is 4.79 Å². The molecule has 2 N–H and O–H groups in total. The Morgan fingerprint density at radius 1 is 1.50 bits per heavy atom. The second-order valence-electron chi connectivity index (χ2n) is 3.10. The fourth-order valence-electron chi connectivity index (χ4n) is 1.09. The Balaban J connectivity index is 2.11. The molecule has 14 heavy (non-hydrogen) atoms. The number of unbranched alkanes of at least 4 members (excludes halogenated alkanes) is 2. The van der Waals surface area contributed by atoms with Crippen molar-refractivity contribution in [2.75, 3.05) is 11.9 Å². The van der Waals surface area contributed by atoms with Gasteiger partial charge in [-0.15, -0.1) is 0 Å². The van der Waals surface area contributed by atoms with Crippen molar-refractivity contribution in [2.24, 2.45) is 0 Å². The third kappa shape index (κ3) is 4.28. The average molecular weight is 212 g/mol. The monoisotopic (exact) mass is 212 g/mol. The molecule has 2 amide bonds. The van der Waals surface area contributed by atoms with E-state index in [9.17, 15) is 4.79 Å². The molecule has 4 heteroatoms. The van der Waals surface area contributed by atoms with E-state index in [-0.39, 0.29) is 6.03 Å². The van der Waals surface area contributed by atoms with Crippen LogP contribution in [0.25, 0.3) is 0 Å². The number of urea groups is 1. The van der Waals surface area contributed by atoms with Crippen LogP contribution in [0.4, 0.5) is 10.5 Å². The summed E-state index contributed by atoms with van der Waals surface area (Å²) in [5, 5.41) is 9.42. The maximum atomic E-state index is 11.3. The molecule has 78 valence electrons. The zero-order valence-electron chi connectivity index (χ0n) is 8.38. The fourth-order valence-corrected chi connectivity index (χ4v) is 1.68. The molecule has 0 spiro atoms. The van der Waals surface area contributed by atoms with Crippen LogP contribution in [0.1, 0.15) is 26.2 Å². The highest BCUT2D eigenvalue weighted by Gasteiger charge is 1.99. The zero-order valence-corrected chi connectivity index (χ0v) is 9.19. The molecule has 0 atom stereocenters. The first kappa shape index (κ1) is 11.0. The molecular formula is C10H16N2OS. The lowest BCUT2D eigenvalue weighted by atomic mass is 10.2. The summed E-state index contributed by atoms with van der Waals surface area (Å²) in [5.74, 6) is 0. The molecule has 0 aromatic carbocycles. The van der Waals surface area contributed by atoms with Gasteiger partial charge in [-0.2, -0.15) is 11.3 Å². The largest absolute Gasteiger partial charge is 0.338 e. The number of nitrogens with one attached hydrogen (secondary N) is 2. The topological polar surface area (TPSA) is 41.1 Å². The third-order valence-electron chi connectivity index (χ3n) is 1.84. The Morgan fingerprint density at radius 3 is 3.00 bits per heavy atom. The summed E-state index contributed by atoms with van der Waals surface area (Å²) in [6, 6.07) is 1.77. The molecule has 0 aliphatic rings. The van der Waals surface area contributed by atoms with Gasteiger partial charge in [-0.3, -0.25) is 0 Å². The van der Waals surface area contributed by atoms with Crippen LogP contribution in [0.5, 0.6) is 0 Å². The predicted molar refractivity (Wildman–Crippen MR) is 60.9 cm³/mol. The van der Waals surface area contributed by atoms with Gasteiger partial charge in [-0.25, -0.2) is 4.79 Å². The van der Waals surface area contributed by atoms with E-state index >= 15 is 0 Å². The van der Waals surface area contributed by atoms with Gasteiger partial charge >= 0.3 is 6.03 Å². The number of anilines is 1. The number of amides is 2. The molecular weight excluding hydrogens is 196 g/mol. The molecule has 0 aliphatic heterocycles. The van der Waals surface area contributed by atoms with Gasteiger partial charge in [-0.1, -0.05) is 19.8 Å². The minimum absolute atomic E-state index is 0.112. The molecule has 0 aliphatic carbocycles. The van der Waals surface area contributed by atoms with Crippen molar-refractivity contribution in [3.05, 3.63) is 16.8 Å². The molecule has 1 aromatic heterocycles. The Hall–Kier alpha value is -1.03. The van der Waals surface area contributed by atoms with E-state index < -0.39 is 0 Å². The number of rotatable bonds is 5. The van der Waals surface area contributed by atoms with Gasteiger partial charge in [0, 0.05) is 11.9 Å². The number of carbonyl (C=O) groups excluding carboxylic acids is 1. The van der Waals surface area contributed by atoms with Crippen molar-refractivity contribution in [1.29, 1.82) is 0 Å². The van der Waals surface area contributed by atoms with Crippen LogP contribution in [0.3, 0.4) is 0 Å². The summed E-state index contributed by atoms with van der Waals surface area (Å²) in [5.41, 5.74) is 0.864. The lowest BCUT2D eigenvalue weighted by Gasteiger charge is -2.04. The van der Waals surface area contributed by atoms with Gasteiger partial charge in [0.05, 0.1) is 5.69 Å². The van der Waals surface area contributed by atoms with Crippen LogP contribution >= 0.6 is 11.3 Å². The Bertz CT molecular complexity index is 259. The highest BCUT2D eigenvalue weighted by Crippen LogP contribution is 2.11. The molecule has 0 radical (unpaired) electrons. The average Bonchev–Trinajstić information content (AvgIpc) is 2.65. The van der Waals surface area contributed by atoms with Crippen molar-refractivity contribution in [3.63, 3.8) is 0 Å². The summed E-state index contributed by atoms with van der Waals surface area (Å²) < 4.78 is 0. The van der Waals surface area contributed by atoms with E-state index in [0.717, 1.165) is 18.7 Å². The van der Waals surface area contributed by atoms with Crippen molar-refractivity contribution in [1.82, 2.24) is 5.32 Å². The molecule has 0 saturated carbocycles.